The molecule has 0 fully saturated rings. The van der Waals surface area contributed by atoms with Crippen LogP contribution in [0.5, 0.6) is 5.75 Å². The van der Waals surface area contributed by atoms with E-state index in [0.29, 0.717) is 23.5 Å². The molecule has 2 amide bonds. The topological polar surface area (TPSA) is 79.5 Å². The van der Waals surface area contributed by atoms with Crippen LogP contribution in [-0.4, -0.2) is 23.5 Å². The molecular formula is C20H23N3O3S. The van der Waals surface area contributed by atoms with Gasteiger partial charge in [0.2, 0.25) is 0 Å². The normalized spacial score (nSPS) is 10.0. The van der Waals surface area contributed by atoms with Crippen molar-refractivity contribution in [3.63, 3.8) is 0 Å². The molecule has 3 N–H and O–H groups in total. The van der Waals surface area contributed by atoms with Gasteiger partial charge in [0.15, 0.2) is 5.11 Å². The van der Waals surface area contributed by atoms with E-state index < -0.39 is 0 Å². The van der Waals surface area contributed by atoms with Crippen LogP contribution in [0.3, 0.4) is 0 Å². The van der Waals surface area contributed by atoms with Crippen LogP contribution in [0.4, 0.5) is 0 Å². The summed E-state index contributed by atoms with van der Waals surface area (Å²) in [5.74, 6) is -0.00703. The number of carbonyl (C=O) groups is 2. The van der Waals surface area contributed by atoms with Crippen molar-refractivity contribution >= 4 is 29.1 Å². The molecule has 2 aromatic rings. The second-order valence-corrected chi connectivity index (χ2v) is 6.37. The molecular weight excluding hydrogens is 362 g/mol. The number of hydrogen-bond donors (Lipinski definition) is 3. The van der Waals surface area contributed by atoms with Crippen LogP contribution < -0.4 is 20.9 Å². The molecule has 0 saturated carbocycles. The fraction of sp³-hybridized carbons (Fsp3) is 0.250. The predicted octanol–water partition coefficient (Wildman–Crippen LogP) is 3.12. The second-order valence-electron chi connectivity index (χ2n) is 5.96. The first-order valence-corrected chi connectivity index (χ1v) is 9.11. The number of thiocarbonyl (C=S) groups is 1. The molecule has 0 atom stereocenters. The lowest BCUT2D eigenvalue weighted by Crippen LogP contribution is -2.48. The van der Waals surface area contributed by atoms with E-state index in [1.165, 1.54) is 0 Å². The van der Waals surface area contributed by atoms with E-state index in [4.69, 9.17) is 17.0 Å². The number of amides is 2. The third kappa shape index (κ3) is 6.71. The molecule has 0 aliphatic carbocycles. The van der Waals surface area contributed by atoms with Gasteiger partial charge in [0, 0.05) is 11.1 Å². The zero-order valence-corrected chi connectivity index (χ0v) is 16.2. The number of unbranched alkanes of at least 4 members (excludes halogenated alkanes) is 1. The van der Waals surface area contributed by atoms with E-state index >= 15 is 0 Å². The maximum atomic E-state index is 12.2. The fourth-order valence-electron chi connectivity index (χ4n) is 2.22. The molecule has 0 saturated heterocycles. The van der Waals surface area contributed by atoms with E-state index in [0.717, 1.165) is 18.4 Å². The van der Waals surface area contributed by atoms with Gasteiger partial charge >= 0.3 is 0 Å². The Morgan fingerprint density at radius 3 is 2.41 bits per heavy atom. The Bertz CT molecular complexity index is 806. The van der Waals surface area contributed by atoms with Crippen molar-refractivity contribution in [1.29, 1.82) is 0 Å². The molecule has 0 aromatic heterocycles. The van der Waals surface area contributed by atoms with E-state index in [9.17, 15) is 9.59 Å². The molecule has 0 radical (unpaired) electrons. The summed E-state index contributed by atoms with van der Waals surface area (Å²) in [4.78, 5) is 24.2. The molecule has 142 valence electrons. The van der Waals surface area contributed by atoms with Gasteiger partial charge in [-0.25, -0.2) is 0 Å². The molecule has 27 heavy (non-hydrogen) atoms. The molecule has 0 unspecified atom stereocenters. The van der Waals surface area contributed by atoms with Crippen LogP contribution in [0, 0.1) is 6.92 Å². The summed E-state index contributed by atoms with van der Waals surface area (Å²) in [5, 5.41) is 2.52. The Kier molecular flexibility index (Phi) is 7.76. The minimum atomic E-state index is -0.377. The summed E-state index contributed by atoms with van der Waals surface area (Å²) in [6, 6.07) is 13.9. The smallest absolute Gasteiger partial charge is 0.269 e. The number of rotatable bonds is 6. The first-order valence-electron chi connectivity index (χ1n) is 8.71. The van der Waals surface area contributed by atoms with E-state index in [-0.39, 0.29) is 16.9 Å². The SMILES string of the molecule is CCCCOc1ccc(C(=O)NC(=S)NNC(=O)c2cccc(C)c2)cc1. The van der Waals surface area contributed by atoms with E-state index in [1.807, 2.05) is 13.0 Å². The fourth-order valence-corrected chi connectivity index (χ4v) is 2.36. The van der Waals surface area contributed by atoms with E-state index in [1.54, 1.807) is 42.5 Å². The number of benzene rings is 2. The molecule has 0 aliphatic rings. The summed E-state index contributed by atoms with van der Waals surface area (Å²) < 4.78 is 5.56. The van der Waals surface area contributed by atoms with Gasteiger partial charge in [0.05, 0.1) is 6.61 Å². The number of nitrogens with one attached hydrogen (secondary N) is 3. The highest BCUT2D eigenvalue weighted by molar-refractivity contribution is 7.80. The maximum Gasteiger partial charge on any atom is 0.269 e. The number of carbonyl (C=O) groups excluding carboxylic acids is 2. The quantitative estimate of drug-likeness (QED) is 0.404. The van der Waals surface area contributed by atoms with Crippen molar-refractivity contribution < 1.29 is 14.3 Å². The third-order valence-corrected chi connectivity index (χ3v) is 3.88. The van der Waals surface area contributed by atoms with Crippen LogP contribution in [0.15, 0.2) is 48.5 Å². The molecule has 0 heterocycles. The van der Waals surface area contributed by atoms with Crippen molar-refractivity contribution in [1.82, 2.24) is 16.2 Å². The lowest BCUT2D eigenvalue weighted by molar-refractivity contribution is 0.0934. The van der Waals surface area contributed by atoms with Crippen LogP contribution in [0.2, 0.25) is 0 Å². The lowest BCUT2D eigenvalue weighted by atomic mass is 10.1. The molecule has 6 nitrogen and oxygen atoms in total. The third-order valence-electron chi connectivity index (χ3n) is 3.68. The number of ether oxygens (including phenoxy) is 1. The molecule has 2 rings (SSSR count). The van der Waals surface area contributed by atoms with Gasteiger partial charge in [-0.15, -0.1) is 0 Å². The number of hydrazine groups is 1. The second kappa shape index (κ2) is 10.3. The standard InChI is InChI=1S/C20H23N3O3S/c1-3-4-12-26-17-10-8-15(9-11-17)18(24)21-20(27)23-22-19(25)16-7-5-6-14(2)13-16/h5-11,13H,3-4,12H2,1-2H3,(H,22,25)(H2,21,23,24,27). The van der Waals surface area contributed by atoms with Gasteiger partial charge in [-0.3, -0.25) is 25.8 Å². The summed E-state index contributed by atoms with van der Waals surface area (Å²) in [6.07, 6.45) is 2.04. The van der Waals surface area contributed by atoms with Gasteiger partial charge < -0.3 is 4.74 Å². The van der Waals surface area contributed by atoms with Gasteiger partial charge in [-0.1, -0.05) is 31.0 Å². The van der Waals surface area contributed by atoms with Crippen molar-refractivity contribution in [3.8, 4) is 5.75 Å². The minimum absolute atomic E-state index is 0.00396. The first kappa shape index (κ1) is 20.4. The Balaban J connectivity index is 1.81. The van der Waals surface area contributed by atoms with E-state index in [2.05, 4.69) is 23.1 Å². The average Bonchev–Trinajstić information content (AvgIpc) is 2.67. The Hall–Kier alpha value is -2.93. The number of hydrogen-bond acceptors (Lipinski definition) is 4. The van der Waals surface area contributed by atoms with Crippen molar-refractivity contribution in [3.05, 3.63) is 65.2 Å². The van der Waals surface area contributed by atoms with Crippen LogP contribution >= 0.6 is 12.2 Å². The van der Waals surface area contributed by atoms with Crippen molar-refractivity contribution in [2.45, 2.75) is 26.7 Å². The highest BCUT2D eigenvalue weighted by Crippen LogP contribution is 2.12. The molecule has 0 aliphatic heterocycles. The summed E-state index contributed by atoms with van der Waals surface area (Å²) in [6.45, 7) is 4.64. The Morgan fingerprint density at radius 2 is 1.74 bits per heavy atom. The first-order chi connectivity index (χ1) is 13.0. The molecule has 7 heteroatoms. The highest BCUT2D eigenvalue weighted by Gasteiger charge is 2.10. The van der Waals surface area contributed by atoms with Gasteiger partial charge in [-0.05, 0) is 62.0 Å². The zero-order valence-electron chi connectivity index (χ0n) is 15.4. The van der Waals surface area contributed by atoms with Gasteiger partial charge in [0.25, 0.3) is 11.8 Å². The maximum absolute atomic E-state index is 12.2. The summed E-state index contributed by atoms with van der Waals surface area (Å²) >= 11 is 5.04. The summed E-state index contributed by atoms with van der Waals surface area (Å²) in [5.41, 5.74) is 6.88. The number of aryl methyl sites for hydroxylation is 1. The Labute approximate surface area is 164 Å². The largest absolute Gasteiger partial charge is 0.494 e. The minimum Gasteiger partial charge on any atom is -0.494 e. The lowest BCUT2D eigenvalue weighted by Gasteiger charge is -2.11. The monoisotopic (exact) mass is 385 g/mol. The zero-order chi connectivity index (χ0) is 19.6. The summed E-state index contributed by atoms with van der Waals surface area (Å²) in [7, 11) is 0. The van der Waals surface area contributed by atoms with Crippen LogP contribution in [0.1, 0.15) is 46.0 Å². The van der Waals surface area contributed by atoms with Crippen LogP contribution in [-0.2, 0) is 0 Å². The van der Waals surface area contributed by atoms with Gasteiger partial charge in [0.1, 0.15) is 5.75 Å². The highest BCUT2D eigenvalue weighted by atomic mass is 32.1. The van der Waals surface area contributed by atoms with Crippen molar-refractivity contribution in [2.24, 2.45) is 0 Å². The predicted molar refractivity (Wildman–Crippen MR) is 109 cm³/mol. The molecule has 0 spiro atoms. The molecule has 0 bridgehead atoms. The molecule has 2 aromatic carbocycles. The Morgan fingerprint density at radius 1 is 1.00 bits per heavy atom. The average molecular weight is 385 g/mol. The van der Waals surface area contributed by atoms with Crippen molar-refractivity contribution in [2.75, 3.05) is 6.61 Å². The van der Waals surface area contributed by atoms with Gasteiger partial charge in [-0.2, -0.15) is 0 Å². The van der Waals surface area contributed by atoms with Crippen LogP contribution in [0.25, 0.3) is 0 Å².